The van der Waals surface area contributed by atoms with Crippen molar-refractivity contribution in [3.05, 3.63) is 29.8 Å². The first-order valence-corrected chi connectivity index (χ1v) is 6.87. The van der Waals surface area contributed by atoms with Crippen molar-refractivity contribution in [2.75, 3.05) is 20.1 Å². The molecule has 3 rings (SSSR count). The zero-order valence-electron chi connectivity index (χ0n) is 11.6. The highest BCUT2D eigenvalue weighted by molar-refractivity contribution is 5.87. The van der Waals surface area contributed by atoms with Crippen LogP contribution in [0.25, 0.3) is 0 Å². The molecule has 5 nitrogen and oxygen atoms in total. The number of carbonyl (C=O) groups excluding carboxylic acids is 2. The second kappa shape index (κ2) is 4.81. The van der Waals surface area contributed by atoms with Crippen LogP contribution >= 0.6 is 0 Å². The fourth-order valence-electron chi connectivity index (χ4n) is 2.84. The fourth-order valence-corrected chi connectivity index (χ4v) is 2.84. The molecule has 1 aromatic rings. The molecule has 0 aliphatic carbocycles. The second-order valence-electron chi connectivity index (χ2n) is 5.42. The van der Waals surface area contributed by atoms with Gasteiger partial charge >= 0.3 is 0 Å². The monoisotopic (exact) mass is 274 g/mol. The number of rotatable bonds is 2. The number of nitrogens with one attached hydrogen (secondary N) is 1. The van der Waals surface area contributed by atoms with E-state index < -0.39 is 6.10 Å². The molecule has 106 valence electrons. The van der Waals surface area contributed by atoms with Crippen LogP contribution < -0.4 is 10.1 Å². The third kappa shape index (κ3) is 1.94. The molecule has 2 atom stereocenters. The molecule has 2 aliphatic heterocycles. The highest BCUT2D eigenvalue weighted by atomic mass is 16.5. The summed E-state index contributed by atoms with van der Waals surface area (Å²) in [6.07, 6.45) is -0.460. The third-order valence-electron chi connectivity index (χ3n) is 4.17. The van der Waals surface area contributed by atoms with Crippen LogP contribution in [0.2, 0.25) is 0 Å². The van der Waals surface area contributed by atoms with E-state index in [2.05, 4.69) is 5.32 Å². The normalized spacial score (nSPS) is 24.6. The van der Waals surface area contributed by atoms with Crippen molar-refractivity contribution in [3.63, 3.8) is 0 Å². The van der Waals surface area contributed by atoms with Crippen LogP contribution in [0.5, 0.6) is 5.75 Å². The molecule has 2 amide bonds. The molecular formula is C15H18N2O3. The Hall–Kier alpha value is -2.04. The number of hydrogen-bond acceptors (Lipinski definition) is 3. The van der Waals surface area contributed by atoms with Gasteiger partial charge in [-0.15, -0.1) is 0 Å². The first-order chi connectivity index (χ1) is 9.61. The molecule has 20 heavy (non-hydrogen) atoms. The number of nitrogens with zero attached hydrogens (tertiary/aromatic N) is 1. The van der Waals surface area contributed by atoms with Gasteiger partial charge in [0.25, 0.3) is 5.91 Å². The van der Waals surface area contributed by atoms with Crippen molar-refractivity contribution < 1.29 is 14.3 Å². The van der Waals surface area contributed by atoms with Gasteiger partial charge in [0, 0.05) is 31.6 Å². The molecular weight excluding hydrogens is 256 g/mol. The highest BCUT2D eigenvalue weighted by Crippen LogP contribution is 2.38. The summed E-state index contributed by atoms with van der Waals surface area (Å²) in [5.41, 5.74) is 1.08. The standard InChI is InChI=1S/C15H18N2O3/c1-9-11-5-3-4-6-12(11)20-13(9)15(19)17-7-10(8-17)14(18)16-2/h3-6,9-10,13H,7-8H2,1-2H3,(H,16,18). The summed E-state index contributed by atoms with van der Waals surface area (Å²) in [7, 11) is 1.62. The number of benzene rings is 1. The van der Waals surface area contributed by atoms with E-state index in [0.717, 1.165) is 11.3 Å². The lowest BCUT2D eigenvalue weighted by Gasteiger charge is -2.39. The van der Waals surface area contributed by atoms with Crippen LogP contribution in [0.3, 0.4) is 0 Å². The van der Waals surface area contributed by atoms with E-state index in [1.807, 2.05) is 31.2 Å². The highest BCUT2D eigenvalue weighted by Gasteiger charge is 2.43. The molecule has 0 saturated carbocycles. The Morgan fingerprint density at radius 2 is 2.00 bits per heavy atom. The second-order valence-corrected chi connectivity index (χ2v) is 5.42. The Bertz CT molecular complexity index is 552. The number of hydrogen-bond donors (Lipinski definition) is 1. The smallest absolute Gasteiger partial charge is 0.264 e. The number of ether oxygens (including phenoxy) is 1. The zero-order chi connectivity index (χ0) is 14.3. The minimum Gasteiger partial charge on any atom is -0.480 e. The quantitative estimate of drug-likeness (QED) is 0.866. The summed E-state index contributed by atoms with van der Waals surface area (Å²) in [6.45, 7) is 2.98. The van der Waals surface area contributed by atoms with Gasteiger partial charge in [-0.2, -0.15) is 0 Å². The van der Waals surface area contributed by atoms with E-state index in [9.17, 15) is 9.59 Å². The lowest BCUT2D eigenvalue weighted by Crippen LogP contribution is -2.58. The Morgan fingerprint density at radius 1 is 1.30 bits per heavy atom. The van der Waals surface area contributed by atoms with Crippen LogP contribution in [0, 0.1) is 5.92 Å². The predicted molar refractivity (Wildman–Crippen MR) is 73.4 cm³/mol. The predicted octanol–water partition coefficient (Wildman–Crippen LogP) is 0.756. The minimum absolute atomic E-state index is 0.00211. The molecule has 1 saturated heterocycles. The molecule has 2 aliphatic rings. The Balaban J connectivity index is 1.65. The van der Waals surface area contributed by atoms with Crippen molar-refractivity contribution in [1.29, 1.82) is 0 Å². The summed E-state index contributed by atoms with van der Waals surface area (Å²) in [4.78, 5) is 25.6. The van der Waals surface area contributed by atoms with E-state index in [1.165, 1.54) is 0 Å². The van der Waals surface area contributed by atoms with Gasteiger partial charge in [0.2, 0.25) is 5.91 Å². The van der Waals surface area contributed by atoms with Gasteiger partial charge in [0.15, 0.2) is 6.10 Å². The van der Waals surface area contributed by atoms with Gasteiger partial charge in [-0.25, -0.2) is 0 Å². The average molecular weight is 274 g/mol. The molecule has 1 N–H and O–H groups in total. The van der Waals surface area contributed by atoms with Crippen molar-refractivity contribution in [1.82, 2.24) is 10.2 Å². The van der Waals surface area contributed by atoms with Gasteiger partial charge < -0.3 is 15.0 Å². The molecule has 5 heteroatoms. The fraction of sp³-hybridized carbons (Fsp3) is 0.467. The molecule has 0 radical (unpaired) electrons. The maximum Gasteiger partial charge on any atom is 0.264 e. The third-order valence-corrected chi connectivity index (χ3v) is 4.17. The van der Waals surface area contributed by atoms with Crippen molar-refractivity contribution >= 4 is 11.8 Å². The number of likely N-dealkylation sites (tertiary alicyclic amines) is 1. The first-order valence-electron chi connectivity index (χ1n) is 6.87. The van der Waals surface area contributed by atoms with Crippen molar-refractivity contribution in [2.45, 2.75) is 18.9 Å². The molecule has 2 unspecified atom stereocenters. The number of fused-ring (bicyclic) bond motifs is 1. The molecule has 1 fully saturated rings. The summed E-state index contributed by atoms with van der Waals surface area (Å²) in [5, 5.41) is 2.61. The summed E-state index contributed by atoms with van der Waals surface area (Å²) < 4.78 is 5.77. The van der Waals surface area contributed by atoms with Gasteiger partial charge in [-0.05, 0) is 6.07 Å². The molecule has 2 heterocycles. The van der Waals surface area contributed by atoms with Crippen LogP contribution in [0.1, 0.15) is 18.4 Å². The number of carbonyl (C=O) groups is 2. The van der Waals surface area contributed by atoms with Crippen LogP contribution in [-0.2, 0) is 9.59 Å². The summed E-state index contributed by atoms with van der Waals surface area (Å²) >= 11 is 0. The Morgan fingerprint density at radius 3 is 2.65 bits per heavy atom. The molecule has 0 spiro atoms. The Kier molecular flexibility index (Phi) is 3.12. The van der Waals surface area contributed by atoms with E-state index in [4.69, 9.17) is 4.74 Å². The molecule has 1 aromatic carbocycles. The van der Waals surface area contributed by atoms with Crippen LogP contribution in [-0.4, -0.2) is 43.0 Å². The maximum atomic E-state index is 12.4. The average Bonchev–Trinajstić information content (AvgIpc) is 2.74. The van der Waals surface area contributed by atoms with Crippen LogP contribution in [0.15, 0.2) is 24.3 Å². The van der Waals surface area contributed by atoms with Crippen LogP contribution in [0.4, 0.5) is 0 Å². The maximum absolute atomic E-state index is 12.4. The SMILES string of the molecule is CNC(=O)C1CN(C(=O)C2Oc3ccccc3C2C)C1. The van der Waals surface area contributed by atoms with E-state index in [-0.39, 0.29) is 23.7 Å². The van der Waals surface area contributed by atoms with Gasteiger partial charge in [-0.1, -0.05) is 25.1 Å². The molecule has 0 bridgehead atoms. The summed E-state index contributed by atoms with van der Waals surface area (Å²) in [5.74, 6) is 0.745. The first kappa shape index (κ1) is 13.0. The minimum atomic E-state index is -0.460. The van der Waals surface area contributed by atoms with Gasteiger partial charge in [0.1, 0.15) is 5.75 Å². The largest absolute Gasteiger partial charge is 0.480 e. The lowest BCUT2D eigenvalue weighted by molar-refractivity contribution is -0.148. The number of para-hydroxylation sites is 1. The molecule has 0 aromatic heterocycles. The lowest BCUT2D eigenvalue weighted by atomic mass is 9.93. The Labute approximate surface area is 117 Å². The van der Waals surface area contributed by atoms with Gasteiger partial charge in [0.05, 0.1) is 5.92 Å². The van der Waals surface area contributed by atoms with Crippen molar-refractivity contribution in [2.24, 2.45) is 5.92 Å². The number of amides is 2. The van der Waals surface area contributed by atoms with E-state index in [0.29, 0.717) is 13.1 Å². The van der Waals surface area contributed by atoms with E-state index >= 15 is 0 Å². The van der Waals surface area contributed by atoms with E-state index in [1.54, 1.807) is 11.9 Å². The van der Waals surface area contributed by atoms with Crippen molar-refractivity contribution in [3.8, 4) is 5.75 Å². The summed E-state index contributed by atoms with van der Waals surface area (Å²) in [6, 6.07) is 7.75. The topological polar surface area (TPSA) is 58.6 Å². The van der Waals surface area contributed by atoms with Gasteiger partial charge in [-0.3, -0.25) is 9.59 Å². The zero-order valence-corrected chi connectivity index (χ0v) is 11.6.